The van der Waals surface area contributed by atoms with Gasteiger partial charge in [0, 0.05) is 17.8 Å². The Kier molecular flexibility index (Phi) is 3.55. The predicted octanol–water partition coefficient (Wildman–Crippen LogP) is 3.05. The van der Waals surface area contributed by atoms with E-state index in [0.717, 1.165) is 23.7 Å². The molecule has 2 aromatic heterocycles. The highest BCUT2D eigenvalue weighted by Gasteiger charge is 2.34. The van der Waals surface area contributed by atoms with Crippen molar-refractivity contribution in [2.75, 3.05) is 6.54 Å². The Morgan fingerprint density at radius 3 is 3.08 bits per heavy atom. The van der Waals surface area contributed by atoms with Gasteiger partial charge >= 0.3 is 0 Å². The van der Waals surface area contributed by atoms with Gasteiger partial charge in [0.15, 0.2) is 5.82 Å². The fraction of sp³-hybridized carbons (Fsp3) is 0.412. The SMILES string of the molecule is CC(C)c1nc(C2CCCN2C(=O)c2cccc3cn[nH]c23)no1. The number of aromatic nitrogens is 4. The first-order valence-corrected chi connectivity index (χ1v) is 8.21. The molecule has 1 amide bonds. The molecule has 1 aliphatic heterocycles. The highest BCUT2D eigenvalue weighted by Crippen LogP contribution is 2.33. The second kappa shape index (κ2) is 5.74. The second-order valence-corrected chi connectivity index (χ2v) is 6.44. The molecule has 3 aromatic rings. The number of rotatable bonds is 3. The van der Waals surface area contributed by atoms with Crippen LogP contribution in [0.1, 0.15) is 60.7 Å². The largest absolute Gasteiger partial charge is 0.339 e. The van der Waals surface area contributed by atoms with E-state index in [1.807, 2.05) is 36.9 Å². The lowest BCUT2D eigenvalue weighted by atomic mass is 10.1. The first kappa shape index (κ1) is 14.9. The molecule has 0 spiro atoms. The standard InChI is InChI=1S/C17H19N5O2/c1-10(2)16-19-15(21-24-16)13-7-4-8-22(13)17(23)12-6-3-5-11-9-18-20-14(11)12/h3,5-6,9-10,13H,4,7-8H2,1-2H3,(H,18,20). The third kappa shape index (κ3) is 2.36. The molecule has 1 N–H and O–H groups in total. The molecule has 0 saturated carbocycles. The van der Waals surface area contributed by atoms with Gasteiger partial charge in [0.05, 0.1) is 23.3 Å². The first-order valence-electron chi connectivity index (χ1n) is 8.21. The normalized spacial score (nSPS) is 18.0. The van der Waals surface area contributed by atoms with Crippen molar-refractivity contribution in [2.24, 2.45) is 0 Å². The minimum Gasteiger partial charge on any atom is -0.339 e. The Balaban J connectivity index is 1.67. The Hall–Kier alpha value is -2.70. The lowest BCUT2D eigenvalue weighted by Gasteiger charge is -2.22. The van der Waals surface area contributed by atoms with Gasteiger partial charge < -0.3 is 9.42 Å². The van der Waals surface area contributed by atoms with Crippen molar-refractivity contribution < 1.29 is 9.32 Å². The Labute approximate surface area is 139 Å². The molecule has 0 bridgehead atoms. The quantitative estimate of drug-likeness (QED) is 0.799. The number of benzene rings is 1. The van der Waals surface area contributed by atoms with Gasteiger partial charge in [-0.15, -0.1) is 0 Å². The van der Waals surface area contributed by atoms with Crippen LogP contribution in [0.15, 0.2) is 28.9 Å². The molecule has 0 radical (unpaired) electrons. The van der Waals surface area contributed by atoms with E-state index in [2.05, 4.69) is 20.3 Å². The van der Waals surface area contributed by atoms with Gasteiger partial charge in [0.25, 0.3) is 5.91 Å². The lowest BCUT2D eigenvalue weighted by Crippen LogP contribution is -2.31. The zero-order chi connectivity index (χ0) is 16.7. The minimum absolute atomic E-state index is 0.0248. The van der Waals surface area contributed by atoms with Crippen LogP contribution in [0.3, 0.4) is 0 Å². The van der Waals surface area contributed by atoms with Crippen molar-refractivity contribution >= 4 is 16.8 Å². The van der Waals surface area contributed by atoms with E-state index in [1.165, 1.54) is 0 Å². The molecule has 7 heteroatoms. The van der Waals surface area contributed by atoms with Crippen LogP contribution in [0.4, 0.5) is 0 Å². The summed E-state index contributed by atoms with van der Waals surface area (Å²) in [6.45, 7) is 4.71. The molecule has 24 heavy (non-hydrogen) atoms. The smallest absolute Gasteiger partial charge is 0.256 e. The number of amides is 1. The predicted molar refractivity (Wildman–Crippen MR) is 87.5 cm³/mol. The molecule has 124 valence electrons. The fourth-order valence-electron chi connectivity index (χ4n) is 3.20. The summed E-state index contributed by atoms with van der Waals surface area (Å²) < 4.78 is 5.31. The summed E-state index contributed by atoms with van der Waals surface area (Å²) in [5.74, 6) is 1.36. The molecule has 1 unspecified atom stereocenters. The summed E-state index contributed by atoms with van der Waals surface area (Å²) in [6, 6.07) is 5.51. The van der Waals surface area contributed by atoms with Crippen molar-refractivity contribution in [2.45, 2.75) is 38.6 Å². The van der Waals surface area contributed by atoms with Crippen LogP contribution in [0.25, 0.3) is 10.9 Å². The molecule has 1 aliphatic rings. The third-order valence-corrected chi connectivity index (χ3v) is 4.47. The van der Waals surface area contributed by atoms with Crippen molar-refractivity contribution in [1.29, 1.82) is 0 Å². The number of nitrogens with zero attached hydrogens (tertiary/aromatic N) is 4. The molecule has 7 nitrogen and oxygen atoms in total. The summed E-state index contributed by atoms with van der Waals surface area (Å²) >= 11 is 0. The summed E-state index contributed by atoms with van der Waals surface area (Å²) in [6.07, 6.45) is 3.50. The Bertz CT molecular complexity index is 882. The topological polar surface area (TPSA) is 87.9 Å². The number of para-hydroxylation sites is 1. The summed E-state index contributed by atoms with van der Waals surface area (Å²) in [5, 5.41) is 12.0. The van der Waals surface area contributed by atoms with E-state index < -0.39 is 0 Å². The number of nitrogens with one attached hydrogen (secondary N) is 1. The fourth-order valence-corrected chi connectivity index (χ4v) is 3.20. The molecule has 1 saturated heterocycles. The summed E-state index contributed by atoms with van der Waals surface area (Å²) in [4.78, 5) is 19.4. The van der Waals surface area contributed by atoms with Gasteiger partial charge in [-0.2, -0.15) is 10.1 Å². The highest BCUT2D eigenvalue weighted by molar-refractivity contribution is 6.05. The van der Waals surface area contributed by atoms with E-state index in [9.17, 15) is 4.79 Å². The molecular formula is C17H19N5O2. The van der Waals surface area contributed by atoms with E-state index in [0.29, 0.717) is 23.8 Å². The van der Waals surface area contributed by atoms with Gasteiger partial charge in [0.1, 0.15) is 0 Å². The zero-order valence-corrected chi connectivity index (χ0v) is 13.7. The number of hydrogen-bond acceptors (Lipinski definition) is 5. The lowest BCUT2D eigenvalue weighted by molar-refractivity contribution is 0.0730. The number of likely N-dealkylation sites (tertiary alicyclic amines) is 1. The van der Waals surface area contributed by atoms with Crippen LogP contribution in [-0.4, -0.2) is 37.7 Å². The maximum Gasteiger partial charge on any atom is 0.256 e. The number of aromatic amines is 1. The minimum atomic E-state index is -0.132. The van der Waals surface area contributed by atoms with Crippen LogP contribution in [-0.2, 0) is 0 Å². The Morgan fingerprint density at radius 2 is 2.29 bits per heavy atom. The molecule has 3 heterocycles. The number of carbonyl (C=O) groups is 1. The zero-order valence-electron chi connectivity index (χ0n) is 13.7. The van der Waals surface area contributed by atoms with Gasteiger partial charge in [-0.05, 0) is 18.9 Å². The van der Waals surface area contributed by atoms with Crippen molar-refractivity contribution in [3.05, 3.63) is 41.7 Å². The van der Waals surface area contributed by atoms with Gasteiger partial charge in [-0.1, -0.05) is 31.1 Å². The second-order valence-electron chi connectivity index (χ2n) is 6.44. The molecule has 0 aliphatic carbocycles. The van der Waals surface area contributed by atoms with Crippen molar-refractivity contribution in [3.8, 4) is 0 Å². The van der Waals surface area contributed by atoms with E-state index in [-0.39, 0.29) is 17.9 Å². The Morgan fingerprint density at radius 1 is 1.42 bits per heavy atom. The average molecular weight is 325 g/mol. The maximum absolute atomic E-state index is 13.1. The molecule has 1 aromatic carbocycles. The van der Waals surface area contributed by atoms with Gasteiger partial charge in [0.2, 0.25) is 5.89 Å². The van der Waals surface area contributed by atoms with Crippen LogP contribution in [0.2, 0.25) is 0 Å². The van der Waals surface area contributed by atoms with E-state index >= 15 is 0 Å². The number of hydrogen-bond donors (Lipinski definition) is 1. The van der Waals surface area contributed by atoms with Crippen molar-refractivity contribution in [1.82, 2.24) is 25.2 Å². The van der Waals surface area contributed by atoms with Gasteiger partial charge in [-0.3, -0.25) is 9.89 Å². The highest BCUT2D eigenvalue weighted by atomic mass is 16.5. The van der Waals surface area contributed by atoms with E-state index in [1.54, 1.807) is 6.20 Å². The summed E-state index contributed by atoms with van der Waals surface area (Å²) in [7, 11) is 0. The molecule has 1 atom stereocenters. The monoisotopic (exact) mass is 325 g/mol. The molecular weight excluding hydrogens is 306 g/mol. The third-order valence-electron chi connectivity index (χ3n) is 4.47. The maximum atomic E-state index is 13.1. The molecule has 1 fully saturated rings. The number of fused-ring (bicyclic) bond motifs is 1. The van der Waals surface area contributed by atoms with Crippen LogP contribution in [0.5, 0.6) is 0 Å². The van der Waals surface area contributed by atoms with Crippen LogP contribution < -0.4 is 0 Å². The van der Waals surface area contributed by atoms with E-state index in [4.69, 9.17) is 4.52 Å². The molecule has 4 rings (SSSR count). The number of H-pyrrole nitrogens is 1. The van der Waals surface area contributed by atoms with Crippen LogP contribution >= 0.6 is 0 Å². The van der Waals surface area contributed by atoms with Crippen LogP contribution in [0, 0.1) is 0 Å². The number of carbonyl (C=O) groups excluding carboxylic acids is 1. The summed E-state index contributed by atoms with van der Waals surface area (Å²) in [5.41, 5.74) is 1.40. The van der Waals surface area contributed by atoms with Crippen molar-refractivity contribution in [3.63, 3.8) is 0 Å². The van der Waals surface area contributed by atoms with Gasteiger partial charge in [-0.25, -0.2) is 0 Å². The first-order chi connectivity index (χ1) is 11.6. The average Bonchev–Trinajstić information content (AvgIpc) is 3.31.